The van der Waals surface area contributed by atoms with Crippen molar-refractivity contribution in [3.8, 4) is 0 Å². The molecule has 0 aromatic rings. The van der Waals surface area contributed by atoms with Gasteiger partial charge >= 0.3 is 7.60 Å². The van der Waals surface area contributed by atoms with Crippen molar-refractivity contribution >= 4 is 7.60 Å². The lowest BCUT2D eigenvalue weighted by Gasteiger charge is -2.23. The summed E-state index contributed by atoms with van der Waals surface area (Å²) in [6, 6.07) is 0. The maximum Gasteiger partial charge on any atom is 0.330 e. The molecule has 128 valence electrons. The van der Waals surface area contributed by atoms with Crippen LogP contribution >= 0.6 is 7.60 Å². The van der Waals surface area contributed by atoms with Crippen LogP contribution < -0.4 is 5.73 Å². The summed E-state index contributed by atoms with van der Waals surface area (Å²) in [7, 11) is -2.90. The van der Waals surface area contributed by atoms with Gasteiger partial charge in [-0.2, -0.15) is 0 Å². The number of hydrogen-bond acceptors (Lipinski definition) is 4. The van der Waals surface area contributed by atoms with Gasteiger partial charge in [0.15, 0.2) is 0 Å². The van der Waals surface area contributed by atoms with Crippen molar-refractivity contribution < 1.29 is 13.6 Å². The van der Waals surface area contributed by atoms with E-state index in [0.29, 0.717) is 25.9 Å². The van der Waals surface area contributed by atoms with Gasteiger partial charge < -0.3 is 14.8 Å². The molecule has 0 amide bonds. The molecular weight excluding hydrogens is 285 g/mol. The highest BCUT2D eigenvalue weighted by molar-refractivity contribution is 7.53. The van der Waals surface area contributed by atoms with Crippen LogP contribution in [0.4, 0.5) is 0 Å². The third-order valence-electron chi connectivity index (χ3n) is 3.66. The highest BCUT2D eigenvalue weighted by atomic mass is 31.2. The molecule has 21 heavy (non-hydrogen) atoms. The normalized spacial score (nSPS) is 12.8. The van der Waals surface area contributed by atoms with Gasteiger partial charge in [-0.3, -0.25) is 4.57 Å². The van der Waals surface area contributed by atoms with E-state index in [2.05, 4.69) is 27.7 Å². The molecule has 0 aliphatic carbocycles. The first-order valence-electron chi connectivity index (χ1n) is 8.47. The lowest BCUT2D eigenvalue weighted by atomic mass is 9.88. The van der Waals surface area contributed by atoms with E-state index in [0.717, 1.165) is 44.9 Å². The van der Waals surface area contributed by atoms with Gasteiger partial charge in [0.2, 0.25) is 0 Å². The molecule has 0 saturated carbocycles. The van der Waals surface area contributed by atoms with Crippen LogP contribution in [-0.4, -0.2) is 25.9 Å². The molecule has 0 fully saturated rings. The molecule has 0 bridgehead atoms. The minimum Gasteiger partial charge on any atom is -0.330 e. The van der Waals surface area contributed by atoms with Crippen LogP contribution in [0.15, 0.2) is 0 Å². The van der Waals surface area contributed by atoms with Gasteiger partial charge in [0.25, 0.3) is 0 Å². The van der Waals surface area contributed by atoms with Crippen molar-refractivity contribution in [2.24, 2.45) is 11.1 Å². The summed E-state index contributed by atoms with van der Waals surface area (Å²) in [6.45, 7) is 10.3. The molecule has 0 aliphatic rings. The summed E-state index contributed by atoms with van der Waals surface area (Å²) in [6.07, 6.45) is 7.41. The summed E-state index contributed by atoms with van der Waals surface area (Å²) in [5, 5.41) is 0. The average Bonchev–Trinajstić information content (AvgIpc) is 2.44. The van der Waals surface area contributed by atoms with Gasteiger partial charge in [-0.25, -0.2) is 0 Å². The van der Waals surface area contributed by atoms with E-state index in [1.54, 1.807) is 0 Å². The second kappa shape index (κ2) is 11.6. The minimum absolute atomic E-state index is 0.163. The van der Waals surface area contributed by atoms with E-state index in [1.807, 2.05) is 0 Å². The fraction of sp³-hybridized carbons (Fsp3) is 1.00. The van der Waals surface area contributed by atoms with Gasteiger partial charge in [-0.1, -0.05) is 47.0 Å². The monoisotopic (exact) mass is 321 g/mol. The fourth-order valence-electron chi connectivity index (χ4n) is 1.87. The summed E-state index contributed by atoms with van der Waals surface area (Å²) in [5.74, 6) is 0. The minimum atomic E-state index is -2.90. The van der Waals surface area contributed by atoms with Crippen LogP contribution in [0.1, 0.15) is 72.6 Å². The molecule has 0 unspecified atom stereocenters. The molecule has 5 heteroatoms. The van der Waals surface area contributed by atoms with Crippen molar-refractivity contribution in [1.29, 1.82) is 0 Å². The zero-order chi connectivity index (χ0) is 16.2. The molecule has 0 aromatic heterocycles. The van der Waals surface area contributed by atoms with Gasteiger partial charge in [0.05, 0.1) is 19.4 Å². The lowest BCUT2D eigenvalue weighted by molar-refractivity contribution is 0.199. The Morgan fingerprint density at radius 2 is 1.48 bits per heavy atom. The Bertz CT molecular complexity index is 281. The number of hydrogen-bond donors (Lipinski definition) is 1. The first-order chi connectivity index (χ1) is 9.89. The Labute approximate surface area is 131 Å². The second-order valence-corrected chi connectivity index (χ2v) is 8.72. The van der Waals surface area contributed by atoms with Crippen LogP contribution in [-0.2, 0) is 13.6 Å². The Balaban J connectivity index is 4.16. The Morgan fingerprint density at radius 3 is 1.90 bits per heavy atom. The third-order valence-corrected chi connectivity index (χ3v) is 5.68. The van der Waals surface area contributed by atoms with Crippen LogP contribution in [0.3, 0.4) is 0 Å². The number of nitrogens with two attached hydrogens (primary N) is 1. The van der Waals surface area contributed by atoms with Crippen molar-refractivity contribution in [3.05, 3.63) is 0 Å². The van der Waals surface area contributed by atoms with Crippen molar-refractivity contribution in [3.63, 3.8) is 0 Å². The first-order valence-corrected chi connectivity index (χ1v) is 10.2. The van der Waals surface area contributed by atoms with Gasteiger partial charge in [-0.05, 0) is 37.6 Å². The molecule has 0 heterocycles. The summed E-state index contributed by atoms with van der Waals surface area (Å²) in [5.41, 5.74) is 5.90. The van der Waals surface area contributed by atoms with E-state index >= 15 is 0 Å². The summed E-state index contributed by atoms with van der Waals surface area (Å²) in [4.78, 5) is 0. The van der Waals surface area contributed by atoms with E-state index in [4.69, 9.17) is 14.8 Å². The highest BCUT2D eigenvalue weighted by Gasteiger charge is 2.24. The Hall–Kier alpha value is 0.110. The summed E-state index contributed by atoms with van der Waals surface area (Å²) < 4.78 is 23.9. The van der Waals surface area contributed by atoms with Crippen LogP contribution in [0.25, 0.3) is 0 Å². The van der Waals surface area contributed by atoms with E-state index in [9.17, 15) is 4.57 Å². The molecule has 0 spiro atoms. The quantitative estimate of drug-likeness (QED) is 0.362. The van der Waals surface area contributed by atoms with Crippen molar-refractivity contribution in [2.45, 2.75) is 72.6 Å². The molecule has 0 radical (unpaired) electrons. The van der Waals surface area contributed by atoms with Crippen molar-refractivity contribution in [2.75, 3.05) is 25.9 Å². The Morgan fingerprint density at radius 1 is 0.952 bits per heavy atom. The number of unbranched alkanes of at least 4 members (excludes halogenated alkanes) is 3. The maximum absolute atomic E-state index is 12.7. The van der Waals surface area contributed by atoms with Crippen LogP contribution in [0.2, 0.25) is 0 Å². The van der Waals surface area contributed by atoms with E-state index in [1.165, 1.54) is 0 Å². The van der Waals surface area contributed by atoms with Gasteiger partial charge in [0, 0.05) is 0 Å². The maximum atomic E-state index is 12.7. The zero-order valence-electron chi connectivity index (χ0n) is 14.5. The standard InChI is InChI=1S/C16H36NO3P/c1-5-7-12-19-21(18,20-13-8-6-2)14-10-9-11-16(3,4)15-17/h5-15,17H2,1-4H3. The highest BCUT2D eigenvalue weighted by Crippen LogP contribution is 2.49. The molecule has 4 nitrogen and oxygen atoms in total. The van der Waals surface area contributed by atoms with Gasteiger partial charge in [-0.15, -0.1) is 0 Å². The Kier molecular flexibility index (Phi) is 11.7. The zero-order valence-corrected chi connectivity index (χ0v) is 15.4. The lowest BCUT2D eigenvalue weighted by Crippen LogP contribution is -2.23. The third kappa shape index (κ3) is 11.3. The van der Waals surface area contributed by atoms with E-state index < -0.39 is 7.60 Å². The van der Waals surface area contributed by atoms with Crippen molar-refractivity contribution in [1.82, 2.24) is 0 Å². The summed E-state index contributed by atoms with van der Waals surface area (Å²) >= 11 is 0. The van der Waals surface area contributed by atoms with E-state index in [-0.39, 0.29) is 5.41 Å². The largest absolute Gasteiger partial charge is 0.330 e. The second-order valence-electron chi connectivity index (χ2n) is 6.53. The topological polar surface area (TPSA) is 61.5 Å². The first kappa shape index (κ1) is 21.1. The molecular formula is C16H36NO3P. The molecule has 2 N–H and O–H groups in total. The number of rotatable bonds is 14. The van der Waals surface area contributed by atoms with Crippen LogP contribution in [0.5, 0.6) is 0 Å². The molecule has 0 aromatic carbocycles. The molecule has 0 rings (SSSR count). The predicted molar refractivity (Wildman–Crippen MR) is 90.9 cm³/mol. The van der Waals surface area contributed by atoms with Crippen LogP contribution in [0, 0.1) is 5.41 Å². The molecule has 0 aliphatic heterocycles. The fourth-order valence-corrected chi connectivity index (χ4v) is 3.63. The smallest absolute Gasteiger partial charge is 0.330 e. The SMILES string of the molecule is CCCCOP(=O)(CCCCC(C)(C)CN)OCCCC. The molecule has 0 saturated heterocycles. The average molecular weight is 321 g/mol. The molecule has 0 atom stereocenters. The van der Waals surface area contributed by atoms with Gasteiger partial charge in [0.1, 0.15) is 0 Å². The predicted octanol–water partition coefficient (Wildman–Crippen LogP) is 4.97.